The van der Waals surface area contributed by atoms with Gasteiger partial charge < -0.3 is 19.9 Å². The second-order valence-electron chi connectivity index (χ2n) is 9.77. The number of nitrogens with zero attached hydrogens (tertiary/aromatic N) is 5. The summed E-state index contributed by atoms with van der Waals surface area (Å²) in [7, 11) is 3.82. The molecule has 0 saturated carbocycles. The number of amidine groups is 1. The summed E-state index contributed by atoms with van der Waals surface area (Å²) in [6.45, 7) is 6.79. The first-order chi connectivity index (χ1) is 17.3. The monoisotopic (exact) mass is 481 g/mol. The second-order valence-corrected chi connectivity index (χ2v) is 9.77. The third-order valence-corrected chi connectivity index (χ3v) is 6.27. The van der Waals surface area contributed by atoms with Crippen LogP contribution in [0, 0.1) is 6.92 Å². The van der Waals surface area contributed by atoms with E-state index in [1.54, 1.807) is 6.33 Å². The molecule has 1 aliphatic rings. The smallest absolute Gasteiger partial charge is 0.289 e. The van der Waals surface area contributed by atoms with E-state index in [9.17, 15) is 0 Å². The van der Waals surface area contributed by atoms with Gasteiger partial charge in [0.1, 0.15) is 24.2 Å². The Morgan fingerprint density at radius 3 is 2.58 bits per heavy atom. The van der Waals surface area contributed by atoms with Crippen LogP contribution in [0.25, 0.3) is 10.9 Å². The van der Waals surface area contributed by atoms with Crippen LogP contribution < -0.4 is 16.1 Å². The van der Waals surface area contributed by atoms with Gasteiger partial charge in [-0.15, -0.1) is 0 Å². The highest BCUT2D eigenvalue weighted by Crippen LogP contribution is 2.28. The van der Waals surface area contributed by atoms with Crippen molar-refractivity contribution in [1.82, 2.24) is 14.5 Å². The zero-order valence-corrected chi connectivity index (χ0v) is 21.3. The SMILES string of the molecule is CN=c1cc(Cc2ccc(Nc3ncnc4ccc(NC5=NC(C)(C)CO5)cc34)cc2C)ccn1C. The second kappa shape index (κ2) is 9.45. The minimum atomic E-state index is -0.217. The van der Waals surface area contributed by atoms with Crippen molar-refractivity contribution in [2.24, 2.45) is 17.0 Å². The van der Waals surface area contributed by atoms with Gasteiger partial charge in [0.25, 0.3) is 6.02 Å². The van der Waals surface area contributed by atoms with Crippen molar-refractivity contribution in [3.63, 3.8) is 0 Å². The number of hydrogen-bond donors (Lipinski definition) is 2. The molecule has 2 aromatic heterocycles. The van der Waals surface area contributed by atoms with Crippen LogP contribution in [0.1, 0.15) is 30.5 Å². The van der Waals surface area contributed by atoms with Gasteiger partial charge in [-0.2, -0.15) is 0 Å². The van der Waals surface area contributed by atoms with E-state index in [1.807, 2.05) is 50.7 Å². The van der Waals surface area contributed by atoms with Crippen LogP contribution in [0.4, 0.5) is 17.2 Å². The highest BCUT2D eigenvalue weighted by atomic mass is 16.5. The van der Waals surface area contributed by atoms with Gasteiger partial charge >= 0.3 is 0 Å². The maximum Gasteiger partial charge on any atom is 0.289 e. The lowest BCUT2D eigenvalue weighted by Gasteiger charge is -2.13. The Kier molecular flexibility index (Phi) is 6.18. The number of ether oxygens (including phenoxy) is 1. The fourth-order valence-electron chi connectivity index (χ4n) is 4.27. The van der Waals surface area contributed by atoms with Crippen molar-refractivity contribution < 1.29 is 4.74 Å². The van der Waals surface area contributed by atoms with E-state index in [-0.39, 0.29) is 5.54 Å². The average Bonchev–Trinajstić information content (AvgIpc) is 3.20. The molecule has 184 valence electrons. The number of hydrogen-bond acceptors (Lipinski definition) is 7. The number of aliphatic imine (C=N–C) groups is 1. The van der Waals surface area contributed by atoms with E-state index in [0.717, 1.165) is 40.0 Å². The van der Waals surface area contributed by atoms with Gasteiger partial charge in [-0.1, -0.05) is 6.07 Å². The summed E-state index contributed by atoms with van der Waals surface area (Å²) in [6, 6.07) is 17.2. The normalized spacial score (nSPS) is 15.0. The van der Waals surface area contributed by atoms with Gasteiger partial charge in [-0.25, -0.2) is 15.0 Å². The molecule has 0 bridgehead atoms. The standard InChI is InChI=1S/C28H31N7O/c1-18-12-21(7-6-20(18)13-19-10-11-35(5)25(14-19)29-4)32-26-23-15-22(8-9-24(23)30-17-31-26)33-27-34-28(2,3)16-36-27/h6-12,14-15,17H,13,16H2,1-5H3,(H,33,34)(H,30,31,32). The molecule has 8 nitrogen and oxygen atoms in total. The number of rotatable bonds is 5. The number of benzene rings is 2. The third-order valence-electron chi connectivity index (χ3n) is 6.27. The average molecular weight is 482 g/mol. The molecule has 2 N–H and O–H groups in total. The summed E-state index contributed by atoms with van der Waals surface area (Å²) < 4.78 is 7.70. The quantitative estimate of drug-likeness (QED) is 0.431. The Morgan fingerprint density at radius 2 is 1.83 bits per heavy atom. The van der Waals surface area contributed by atoms with Crippen molar-refractivity contribution in [2.75, 3.05) is 24.3 Å². The predicted octanol–water partition coefficient (Wildman–Crippen LogP) is 4.72. The fraction of sp³-hybridized carbons (Fsp3) is 0.286. The highest BCUT2D eigenvalue weighted by molar-refractivity contribution is 5.97. The molecular weight excluding hydrogens is 450 g/mol. The van der Waals surface area contributed by atoms with E-state index in [2.05, 4.69) is 74.0 Å². The molecule has 0 amide bonds. The summed E-state index contributed by atoms with van der Waals surface area (Å²) in [5.74, 6) is 0.746. The number of aromatic nitrogens is 3. The predicted molar refractivity (Wildman–Crippen MR) is 145 cm³/mol. The molecule has 0 aliphatic carbocycles. The lowest BCUT2D eigenvalue weighted by atomic mass is 10.0. The molecule has 0 fully saturated rings. The highest BCUT2D eigenvalue weighted by Gasteiger charge is 2.26. The molecule has 3 heterocycles. The molecule has 8 heteroatoms. The first-order valence-corrected chi connectivity index (χ1v) is 12.0. The van der Waals surface area contributed by atoms with Crippen LogP contribution in [-0.4, -0.2) is 39.8 Å². The summed E-state index contributed by atoms with van der Waals surface area (Å²) in [6.07, 6.45) is 4.49. The van der Waals surface area contributed by atoms with Crippen molar-refractivity contribution in [3.8, 4) is 0 Å². The van der Waals surface area contributed by atoms with E-state index >= 15 is 0 Å². The van der Waals surface area contributed by atoms with Gasteiger partial charge in [0, 0.05) is 37.1 Å². The first-order valence-electron chi connectivity index (χ1n) is 12.0. The third kappa shape index (κ3) is 5.07. The lowest BCUT2D eigenvalue weighted by molar-refractivity contribution is 0.278. The molecule has 0 unspecified atom stereocenters. The van der Waals surface area contributed by atoms with Crippen LogP contribution in [0.15, 0.2) is 71.0 Å². The summed E-state index contributed by atoms with van der Waals surface area (Å²) in [5, 5.41) is 7.66. The molecule has 36 heavy (non-hydrogen) atoms. The topological polar surface area (TPSA) is 88.7 Å². The molecule has 5 rings (SSSR count). The maximum absolute atomic E-state index is 5.68. The number of aryl methyl sites for hydroxylation is 2. The summed E-state index contributed by atoms with van der Waals surface area (Å²) >= 11 is 0. The fourth-order valence-corrected chi connectivity index (χ4v) is 4.27. The molecule has 1 aliphatic heterocycles. The Bertz CT molecular complexity index is 1530. The van der Waals surface area contributed by atoms with E-state index in [1.165, 1.54) is 16.7 Å². The molecule has 4 aromatic rings. The molecular formula is C28H31N7O. The largest absolute Gasteiger partial charge is 0.462 e. The van der Waals surface area contributed by atoms with Crippen molar-refractivity contribution in [3.05, 3.63) is 83.2 Å². The minimum Gasteiger partial charge on any atom is -0.462 e. The Labute approximate surface area is 210 Å². The van der Waals surface area contributed by atoms with Gasteiger partial charge in [-0.3, -0.25) is 4.99 Å². The van der Waals surface area contributed by atoms with Gasteiger partial charge in [0.2, 0.25) is 0 Å². The number of anilines is 3. The maximum atomic E-state index is 5.68. The Hall–Kier alpha value is -4.20. The van der Waals surface area contributed by atoms with Crippen molar-refractivity contribution in [1.29, 1.82) is 0 Å². The first kappa shape index (κ1) is 23.5. The molecule has 0 atom stereocenters. The van der Waals surface area contributed by atoms with Crippen LogP contribution in [0.5, 0.6) is 0 Å². The molecule has 0 radical (unpaired) electrons. The molecule has 0 spiro atoms. The van der Waals surface area contributed by atoms with Gasteiger partial charge in [0.15, 0.2) is 0 Å². The molecule has 0 saturated heterocycles. The van der Waals surface area contributed by atoms with Crippen LogP contribution in [0.2, 0.25) is 0 Å². The summed E-state index contributed by atoms with van der Waals surface area (Å²) in [5.41, 5.74) is 7.17. The number of fused-ring (bicyclic) bond motifs is 1. The van der Waals surface area contributed by atoms with Crippen LogP contribution in [-0.2, 0) is 18.2 Å². The van der Waals surface area contributed by atoms with Crippen LogP contribution >= 0.6 is 0 Å². The summed E-state index contributed by atoms with van der Waals surface area (Å²) in [4.78, 5) is 17.9. The van der Waals surface area contributed by atoms with Gasteiger partial charge in [-0.05, 0) is 86.3 Å². The van der Waals surface area contributed by atoms with Crippen LogP contribution in [0.3, 0.4) is 0 Å². The van der Waals surface area contributed by atoms with Crippen molar-refractivity contribution >= 4 is 34.1 Å². The van der Waals surface area contributed by atoms with Gasteiger partial charge in [0.05, 0.1) is 11.1 Å². The minimum absolute atomic E-state index is 0.217. The number of pyridine rings is 1. The number of nitrogens with one attached hydrogen (secondary N) is 2. The van der Waals surface area contributed by atoms with Crippen molar-refractivity contribution in [2.45, 2.75) is 32.7 Å². The molecule has 2 aromatic carbocycles. The van der Waals surface area contributed by atoms with E-state index in [0.29, 0.717) is 12.6 Å². The zero-order chi connectivity index (χ0) is 25.3. The zero-order valence-electron chi connectivity index (χ0n) is 21.3. The lowest BCUT2D eigenvalue weighted by Crippen LogP contribution is -2.17. The van der Waals surface area contributed by atoms with E-state index in [4.69, 9.17) is 4.74 Å². The Balaban J connectivity index is 1.38. The van der Waals surface area contributed by atoms with E-state index < -0.39 is 0 Å². The Morgan fingerprint density at radius 1 is 1.03 bits per heavy atom.